The minimum atomic E-state index is -0.795. The summed E-state index contributed by atoms with van der Waals surface area (Å²) >= 11 is 1.58. The molecule has 2 heterocycles. The highest BCUT2D eigenvalue weighted by Crippen LogP contribution is 2.31. The van der Waals surface area contributed by atoms with Crippen LogP contribution in [0.5, 0.6) is 0 Å². The van der Waals surface area contributed by atoms with Gasteiger partial charge in [0.05, 0.1) is 11.1 Å². The number of carboxylic acid groups (broad SMARTS) is 1. The molecular formula is C9H10N2O2S. The lowest BCUT2D eigenvalue weighted by molar-refractivity contribution is -0.138. The van der Waals surface area contributed by atoms with E-state index in [1.54, 1.807) is 18.0 Å². The summed E-state index contributed by atoms with van der Waals surface area (Å²) in [5.74, 6) is -0.202. The van der Waals surface area contributed by atoms with Crippen molar-refractivity contribution in [3.63, 3.8) is 0 Å². The van der Waals surface area contributed by atoms with Crippen LogP contribution >= 0.6 is 11.8 Å². The van der Waals surface area contributed by atoms with Gasteiger partial charge < -0.3 is 5.11 Å². The number of thioether (sulfide) groups is 1. The van der Waals surface area contributed by atoms with Crippen LogP contribution in [-0.4, -0.2) is 27.9 Å². The summed E-state index contributed by atoms with van der Waals surface area (Å²) in [7, 11) is 0. The molecule has 0 unspecified atom stereocenters. The van der Waals surface area contributed by atoms with Gasteiger partial charge in [-0.25, -0.2) is 0 Å². The van der Waals surface area contributed by atoms with Crippen molar-refractivity contribution in [3.05, 3.63) is 30.1 Å². The minimum Gasteiger partial charge on any atom is -0.480 e. The van der Waals surface area contributed by atoms with Gasteiger partial charge in [-0.15, -0.1) is 11.8 Å². The van der Waals surface area contributed by atoms with Crippen LogP contribution in [0.3, 0.4) is 0 Å². The molecule has 4 nitrogen and oxygen atoms in total. The Bertz CT molecular complexity index is 331. The fraction of sp³-hybridized carbons (Fsp3) is 0.333. The van der Waals surface area contributed by atoms with Gasteiger partial charge in [-0.05, 0) is 12.1 Å². The van der Waals surface area contributed by atoms with E-state index >= 15 is 0 Å². The smallest absolute Gasteiger partial charge is 0.321 e. The molecule has 1 aliphatic heterocycles. The van der Waals surface area contributed by atoms with E-state index in [2.05, 4.69) is 10.3 Å². The Labute approximate surface area is 85.7 Å². The van der Waals surface area contributed by atoms with E-state index < -0.39 is 12.0 Å². The molecule has 1 fully saturated rings. The average Bonchev–Trinajstić information content (AvgIpc) is 2.68. The highest BCUT2D eigenvalue weighted by atomic mass is 32.2. The number of pyridine rings is 1. The molecule has 5 heteroatoms. The van der Waals surface area contributed by atoms with Crippen molar-refractivity contribution in [3.8, 4) is 0 Å². The summed E-state index contributed by atoms with van der Waals surface area (Å²) in [4.78, 5) is 14.9. The van der Waals surface area contributed by atoms with Crippen LogP contribution in [-0.2, 0) is 4.79 Å². The molecule has 1 saturated heterocycles. The normalized spacial score (nSPS) is 26.3. The van der Waals surface area contributed by atoms with Crippen molar-refractivity contribution in [2.45, 2.75) is 11.4 Å². The monoisotopic (exact) mass is 210 g/mol. The van der Waals surface area contributed by atoms with E-state index in [4.69, 9.17) is 5.11 Å². The maximum Gasteiger partial charge on any atom is 0.321 e. The molecule has 2 rings (SSSR count). The molecule has 2 atom stereocenters. The number of carboxylic acids is 1. The first-order valence-electron chi connectivity index (χ1n) is 4.29. The first-order valence-corrected chi connectivity index (χ1v) is 5.33. The number of nitrogens with zero attached hydrogens (tertiary/aromatic N) is 1. The van der Waals surface area contributed by atoms with Gasteiger partial charge in [0.1, 0.15) is 6.04 Å². The number of hydrogen-bond acceptors (Lipinski definition) is 4. The third-order valence-electron chi connectivity index (χ3n) is 2.04. The van der Waals surface area contributed by atoms with E-state index in [0.717, 1.165) is 5.69 Å². The van der Waals surface area contributed by atoms with Gasteiger partial charge in [0.25, 0.3) is 0 Å². The molecule has 14 heavy (non-hydrogen) atoms. The molecule has 0 radical (unpaired) electrons. The van der Waals surface area contributed by atoms with Crippen molar-refractivity contribution < 1.29 is 9.90 Å². The predicted octanol–water partition coefficient (Wildman–Crippen LogP) is 0.870. The van der Waals surface area contributed by atoms with Gasteiger partial charge in [-0.3, -0.25) is 15.1 Å². The number of carbonyl (C=O) groups is 1. The van der Waals surface area contributed by atoms with Crippen LogP contribution < -0.4 is 5.32 Å². The maximum absolute atomic E-state index is 10.7. The first kappa shape index (κ1) is 9.48. The Kier molecular flexibility index (Phi) is 2.69. The van der Waals surface area contributed by atoms with Crippen molar-refractivity contribution in [2.75, 3.05) is 5.75 Å². The lowest BCUT2D eigenvalue weighted by atomic mass is 10.3. The fourth-order valence-electron chi connectivity index (χ4n) is 1.32. The van der Waals surface area contributed by atoms with E-state index in [9.17, 15) is 4.79 Å². The number of aromatic nitrogens is 1. The van der Waals surface area contributed by atoms with Gasteiger partial charge in [0, 0.05) is 11.9 Å². The number of hydrogen-bond donors (Lipinski definition) is 2. The van der Waals surface area contributed by atoms with E-state index in [0.29, 0.717) is 5.75 Å². The zero-order chi connectivity index (χ0) is 9.97. The summed E-state index contributed by atoms with van der Waals surface area (Å²) in [6.07, 6.45) is 1.71. The maximum atomic E-state index is 10.7. The number of nitrogens with one attached hydrogen (secondary N) is 1. The van der Waals surface area contributed by atoms with Gasteiger partial charge in [-0.2, -0.15) is 0 Å². The highest BCUT2D eigenvalue weighted by Gasteiger charge is 2.30. The molecule has 1 aliphatic rings. The lowest BCUT2D eigenvalue weighted by Gasteiger charge is -2.09. The molecule has 2 N–H and O–H groups in total. The highest BCUT2D eigenvalue weighted by molar-refractivity contribution is 7.99. The van der Waals surface area contributed by atoms with Crippen molar-refractivity contribution in [1.82, 2.24) is 10.3 Å². The molecule has 0 spiro atoms. The third-order valence-corrected chi connectivity index (χ3v) is 3.27. The molecule has 0 bridgehead atoms. The Morgan fingerprint density at radius 1 is 1.64 bits per heavy atom. The molecule has 1 aromatic rings. The molecule has 0 saturated carbocycles. The van der Waals surface area contributed by atoms with Gasteiger partial charge in [0.2, 0.25) is 0 Å². The van der Waals surface area contributed by atoms with Gasteiger partial charge in [0.15, 0.2) is 0 Å². The van der Waals surface area contributed by atoms with Crippen LogP contribution in [0, 0.1) is 0 Å². The Morgan fingerprint density at radius 3 is 3.07 bits per heavy atom. The van der Waals surface area contributed by atoms with Crippen LogP contribution in [0.2, 0.25) is 0 Å². The summed E-state index contributed by atoms with van der Waals surface area (Å²) < 4.78 is 0. The van der Waals surface area contributed by atoms with Crippen LogP contribution in [0.4, 0.5) is 0 Å². The number of rotatable bonds is 2. The van der Waals surface area contributed by atoms with E-state index in [1.165, 1.54) is 0 Å². The van der Waals surface area contributed by atoms with Gasteiger partial charge >= 0.3 is 5.97 Å². The van der Waals surface area contributed by atoms with Gasteiger partial charge in [-0.1, -0.05) is 6.07 Å². The summed E-state index contributed by atoms with van der Waals surface area (Å²) in [6.45, 7) is 0. The van der Waals surface area contributed by atoms with Crippen LogP contribution in [0.15, 0.2) is 24.4 Å². The van der Waals surface area contributed by atoms with Crippen molar-refractivity contribution >= 4 is 17.7 Å². The fourth-order valence-corrected chi connectivity index (χ4v) is 2.51. The zero-order valence-electron chi connectivity index (χ0n) is 7.38. The van der Waals surface area contributed by atoms with E-state index in [-0.39, 0.29) is 5.37 Å². The van der Waals surface area contributed by atoms with Crippen molar-refractivity contribution in [1.29, 1.82) is 0 Å². The minimum absolute atomic E-state index is 0.0114. The Balaban J connectivity index is 2.06. The molecular weight excluding hydrogens is 200 g/mol. The SMILES string of the molecule is O=C(O)[C@@H]1CS[C@@H](c2ccccn2)N1. The second kappa shape index (κ2) is 3.98. The van der Waals surface area contributed by atoms with Crippen LogP contribution in [0.25, 0.3) is 0 Å². The summed E-state index contributed by atoms with van der Waals surface area (Å²) in [5, 5.41) is 11.8. The molecule has 0 amide bonds. The second-order valence-electron chi connectivity index (χ2n) is 3.03. The third kappa shape index (κ3) is 1.88. The quantitative estimate of drug-likeness (QED) is 0.758. The largest absolute Gasteiger partial charge is 0.480 e. The second-order valence-corrected chi connectivity index (χ2v) is 4.16. The Morgan fingerprint density at radius 2 is 2.50 bits per heavy atom. The zero-order valence-corrected chi connectivity index (χ0v) is 8.20. The summed E-state index contributed by atoms with van der Waals surface area (Å²) in [6, 6.07) is 5.19. The molecule has 74 valence electrons. The topological polar surface area (TPSA) is 62.2 Å². The summed E-state index contributed by atoms with van der Waals surface area (Å²) in [5.41, 5.74) is 0.890. The first-order chi connectivity index (χ1) is 6.77. The van der Waals surface area contributed by atoms with Crippen molar-refractivity contribution in [2.24, 2.45) is 0 Å². The standard InChI is InChI=1S/C9H10N2O2S/c12-9(13)7-5-14-8(11-7)6-3-1-2-4-10-6/h1-4,7-8,11H,5H2,(H,12,13)/t7-,8-/m0/s1. The lowest BCUT2D eigenvalue weighted by Crippen LogP contribution is -2.33. The number of aliphatic carboxylic acids is 1. The predicted molar refractivity (Wildman–Crippen MR) is 54.0 cm³/mol. The average molecular weight is 210 g/mol. The van der Waals surface area contributed by atoms with E-state index in [1.807, 2.05) is 18.2 Å². The molecule has 0 aromatic carbocycles. The van der Waals surface area contributed by atoms with Crippen LogP contribution in [0.1, 0.15) is 11.1 Å². The Hall–Kier alpha value is -1.07. The molecule has 1 aromatic heterocycles. The molecule has 0 aliphatic carbocycles.